The summed E-state index contributed by atoms with van der Waals surface area (Å²) in [7, 11) is 3.57. The number of para-hydroxylation sites is 1. The van der Waals surface area contributed by atoms with E-state index in [0.717, 1.165) is 44.7 Å². The Morgan fingerprint density at radius 1 is 1.23 bits per heavy atom. The predicted octanol–water partition coefficient (Wildman–Crippen LogP) is 2.49. The molecule has 0 atom stereocenters. The standard InChI is InChI=1S/C19H25N5O2/c1-22(2)19(25)23-10-8-15(9-11-23)18-20-17(21-26-18)13-24-12-7-14-5-3-4-6-16(14)24/h3-6,15H,7-13H2,1-2H3. The minimum Gasteiger partial charge on any atom is -0.363 e. The van der Waals surface area contributed by atoms with Crippen molar-refractivity contribution in [2.75, 3.05) is 38.6 Å². The van der Waals surface area contributed by atoms with Gasteiger partial charge >= 0.3 is 6.03 Å². The topological polar surface area (TPSA) is 65.7 Å². The number of hydrogen-bond donors (Lipinski definition) is 0. The molecule has 4 rings (SSSR count). The zero-order valence-corrected chi connectivity index (χ0v) is 15.4. The van der Waals surface area contributed by atoms with Gasteiger partial charge < -0.3 is 19.2 Å². The molecule has 2 amide bonds. The molecular weight excluding hydrogens is 330 g/mol. The van der Waals surface area contributed by atoms with Crippen molar-refractivity contribution in [3.05, 3.63) is 41.5 Å². The summed E-state index contributed by atoms with van der Waals surface area (Å²) in [6.07, 6.45) is 2.81. The molecular formula is C19H25N5O2. The Labute approximate surface area is 153 Å². The average molecular weight is 355 g/mol. The lowest BCUT2D eigenvalue weighted by atomic mass is 9.97. The van der Waals surface area contributed by atoms with Crippen LogP contribution in [0.3, 0.4) is 0 Å². The molecule has 1 saturated heterocycles. The highest BCUT2D eigenvalue weighted by Gasteiger charge is 2.28. The summed E-state index contributed by atoms with van der Waals surface area (Å²) >= 11 is 0. The van der Waals surface area contributed by atoms with Crippen molar-refractivity contribution in [2.24, 2.45) is 0 Å². The van der Waals surface area contributed by atoms with Gasteiger partial charge in [-0.25, -0.2) is 4.79 Å². The normalized spacial score (nSPS) is 17.5. The van der Waals surface area contributed by atoms with E-state index in [1.807, 2.05) is 4.90 Å². The van der Waals surface area contributed by atoms with Crippen molar-refractivity contribution in [3.63, 3.8) is 0 Å². The van der Waals surface area contributed by atoms with Crippen LogP contribution in [0.4, 0.5) is 10.5 Å². The molecule has 0 bridgehead atoms. The zero-order valence-electron chi connectivity index (χ0n) is 15.4. The minimum absolute atomic E-state index is 0.0716. The quantitative estimate of drug-likeness (QED) is 0.846. The lowest BCUT2D eigenvalue weighted by Gasteiger charge is -2.32. The number of amides is 2. The molecule has 2 aliphatic heterocycles. The van der Waals surface area contributed by atoms with Crippen molar-refractivity contribution >= 4 is 11.7 Å². The van der Waals surface area contributed by atoms with Crippen LogP contribution in [0.25, 0.3) is 0 Å². The third-order valence-electron chi connectivity index (χ3n) is 5.30. The lowest BCUT2D eigenvalue weighted by molar-refractivity contribution is 0.152. The van der Waals surface area contributed by atoms with Gasteiger partial charge in [-0.3, -0.25) is 0 Å². The maximum atomic E-state index is 12.0. The number of benzene rings is 1. The van der Waals surface area contributed by atoms with Crippen LogP contribution in [0.2, 0.25) is 0 Å². The van der Waals surface area contributed by atoms with E-state index in [2.05, 4.69) is 39.3 Å². The number of fused-ring (bicyclic) bond motifs is 1. The van der Waals surface area contributed by atoms with Gasteiger partial charge in [-0.05, 0) is 30.9 Å². The van der Waals surface area contributed by atoms with Crippen molar-refractivity contribution in [3.8, 4) is 0 Å². The Hall–Kier alpha value is -2.57. The Balaban J connectivity index is 1.37. The molecule has 2 aliphatic rings. The van der Waals surface area contributed by atoms with Crippen LogP contribution in [0.1, 0.15) is 36.0 Å². The Kier molecular flexibility index (Phi) is 4.53. The second-order valence-corrected chi connectivity index (χ2v) is 7.29. The van der Waals surface area contributed by atoms with E-state index in [9.17, 15) is 4.79 Å². The Bertz CT molecular complexity index is 780. The Morgan fingerprint density at radius 2 is 2.00 bits per heavy atom. The maximum Gasteiger partial charge on any atom is 0.319 e. The summed E-state index contributed by atoms with van der Waals surface area (Å²) in [5.41, 5.74) is 2.66. The number of nitrogens with zero attached hydrogens (tertiary/aromatic N) is 5. The number of rotatable bonds is 3. The molecule has 1 fully saturated rings. The fourth-order valence-corrected chi connectivity index (χ4v) is 3.84. The number of piperidine rings is 1. The summed E-state index contributed by atoms with van der Waals surface area (Å²) in [6.45, 7) is 3.14. The van der Waals surface area contributed by atoms with Crippen LogP contribution in [-0.2, 0) is 13.0 Å². The highest BCUT2D eigenvalue weighted by atomic mass is 16.5. The summed E-state index contributed by atoms with van der Waals surface area (Å²) in [6, 6.07) is 8.56. The van der Waals surface area contributed by atoms with Crippen LogP contribution in [0.15, 0.2) is 28.8 Å². The van der Waals surface area contributed by atoms with Gasteiger partial charge in [-0.2, -0.15) is 4.98 Å². The SMILES string of the molecule is CN(C)C(=O)N1CCC(c2nc(CN3CCc4ccccc43)no2)CC1. The van der Waals surface area contributed by atoms with Crippen LogP contribution < -0.4 is 4.90 Å². The molecule has 0 saturated carbocycles. The molecule has 138 valence electrons. The van der Waals surface area contributed by atoms with E-state index in [1.54, 1.807) is 19.0 Å². The molecule has 1 aromatic carbocycles. The molecule has 3 heterocycles. The van der Waals surface area contributed by atoms with E-state index in [-0.39, 0.29) is 11.9 Å². The van der Waals surface area contributed by atoms with Gasteiger partial charge in [-0.15, -0.1) is 0 Å². The summed E-state index contributed by atoms with van der Waals surface area (Å²) in [5.74, 6) is 1.70. The zero-order chi connectivity index (χ0) is 18.1. The van der Waals surface area contributed by atoms with Gasteiger partial charge in [0.2, 0.25) is 5.89 Å². The van der Waals surface area contributed by atoms with E-state index >= 15 is 0 Å². The van der Waals surface area contributed by atoms with E-state index in [1.165, 1.54) is 11.3 Å². The van der Waals surface area contributed by atoms with Crippen LogP contribution in [0.5, 0.6) is 0 Å². The fourth-order valence-electron chi connectivity index (χ4n) is 3.84. The highest BCUT2D eigenvalue weighted by Crippen LogP contribution is 2.30. The number of aromatic nitrogens is 2. The molecule has 0 spiro atoms. The summed E-state index contributed by atoms with van der Waals surface area (Å²) in [4.78, 5) is 22.5. The number of urea groups is 1. The molecule has 0 aliphatic carbocycles. The smallest absolute Gasteiger partial charge is 0.319 e. The molecule has 2 aromatic rings. The number of carbonyl (C=O) groups is 1. The third-order valence-corrected chi connectivity index (χ3v) is 5.30. The second kappa shape index (κ2) is 6.97. The maximum absolute atomic E-state index is 12.0. The van der Waals surface area contributed by atoms with Gasteiger partial charge in [-0.1, -0.05) is 23.4 Å². The largest absolute Gasteiger partial charge is 0.363 e. The van der Waals surface area contributed by atoms with Gasteiger partial charge in [0.1, 0.15) is 0 Å². The van der Waals surface area contributed by atoms with Gasteiger partial charge in [0, 0.05) is 45.3 Å². The first-order valence-corrected chi connectivity index (χ1v) is 9.23. The molecule has 0 unspecified atom stereocenters. The van der Waals surface area contributed by atoms with Crippen LogP contribution in [0, 0.1) is 0 Å². The monoisotopic (exact) mass is 355 g/mol. The number of likely N-dealkylation sites (tertiary alicyclic amines) is 1. The third kappa shape index (κ3) is 3.25. The highest BCUT2D eigenvalue weighted by molar-refractivity contribution is 5.73. The summed E-state index contributed by atoms with van der Waals surface area (Å²) < 4.78 is 5.54. The van der Waals surface area contributed by atoms with Crippen LogP contribution in [-0.4, -0.2) is 59.7 Å². The minimum atomic E-state index is 0.0716. The molecule has 0 N–H and O–H groups in total. The average Bonchev–Trinajstić information content (AvgIpc) is 3.29. The second-order valence-electron chi connectivity index (χ2n) is 7.29. The molecule has 7 nitrogen and oxygen atoms in total. The van der Waals surface area contributed by atoms with E-state index < -0.39 is 0 Å². The molecule has 7 heteroatoms. The first-order valence-electron chi connectivity index (χ1n) is 9.23. The predicted molar refractivity (Wildman–Crippen MR) is 98.1 cm³/mol. The number of hydrogen-bond acceptors (Lipinski definition) is 5. The first kappa shape index (κ1) is 16.9. The van der Waals surface area contributed by atoms with Crippen molar-refractivity contribution in [1.29, 1.82) is 0 Å². The van der Waals surface area contributed by atoms with Crippen LogP contribution >= 0.6 is 0 Å². The van der Waals surface area contributed by atoms with Gasteiger partial charge in [0.05, 0.1) is 6.54 Å². The first-order chi connectivity index (χ1) is 12.6. The summed E-state index contributed by atoms with van der Waals surface area (Å²) in [5, 5.41) is 4.19. The fraction of sp³-hybridized carbons (Fsp3) is 0.526. The van der Waals surface area contributed by atoms with E-state index in [0.29, 0.717) is 12.4 Å². The van der Waals surface area contributed by atoms with Crippen molar-refractivity contribution < 1.29 is 9.32 Å². The molecule has 1 aromatic heterocycles. The number of anilines is 1. The van der Waals surface area contributed by atoms with Crippen molar-refractivity contribution in [2.45, 2.75) is 31.7 Å². The van der Waals surface area contributed by atoms with Gasteiger partial charge in [0.25, 0.3) is 0 Å². The molecule has 26 heavy (non-hydrogen) atoms. The number of carbonyl (C=O) groups excluding carboxylic acids is 1. The lowest BCUT2D eigenvalue weighted by Crippen LogP contribution is -2.43. The van der Waals surface area contributed by atoms with E-state index in [4.69, 9.17) is 4.52 Å². The van der Waals surface area contributed by atoms with Gasteiger partial charge in [0.15, 0.2) is 5.82 Å². The molecule has 0 radical (unpaired) electrons. The van der Waals surface area contributed by atoms with Crippen molar-refractivity contribution in [1.82, 2.24) is 19.9 Å². The Morgan fingerprint density at radius 3 is 2.77 bits per heavy atom.